The maximum absolute atomic E-state index is 12.3. The van der Waals surface area contributed by atoms with Crippen LogP contribution in [0.3, 0.4) is 0 Å². The molecule has 6 heteroatoms. The highest BCUT2D eigenvalue weighted by atomic mass is 16.5. The van der Waals surface area contributed by atoms with Crippen LogP contribution >= 0.6 is 0 Å². The molecule has 0 aliphatic rings. The fraction of sp³-hybridized carbons (Fsp3) is 0.846. The zero-order valence-corrected chi connectivity index (χ0v) is 12.7. The molecule has 0 fully saturated rings. The maximum Gasteiger partial charge on any atom is 0.241 e. The molecule has 0 saturated heterocycles. The van der Waals surface area contributed by atoms with E-state index < -0.39 is 0 Å². The first-order chi connectivity index (χ1) is 8.93. The van der Waals surface area contributed by atoms with Gasteiger partial charge in [-0.3, -0.25) is 9.59 Å². The van der Waals surface area contributed by atoms with Crippen LogP contribution in [0.2, 0.25) is 0 Å². The summed E-state index contributed by atoms with van der Waals surface area (Å²) in [6.45, 7) is 6.28. The third-order valence-corrected chi connectivity index (χ3v) is 2.82. The van der Waals surface area contributed by atoms with E-state index in [0.29, 0.717) is 19.7 Å². The molecule has 19 heavy (non-hydrogen) atoms. The number of carbonyl (C=O) groups is 2. The lowest BCUT2D eigenvalue weighted by molar-refractivity contribution is -0.142. The summed E-state index contributed by atoms with van der Waals surface area (Å²) in [6, 6.07) is 0. The maximum atomic E-state index is 12.3. The predicted molar refractivity (Wildman–Crippen MR) is 74.9 cm³/mol. The van der Waals surface area contributed by atoms with E-state index in [4.69, 9.17) is 4.74 Å². The topological polar surface area (TPSA) is 61.9 Å². The van der Waals surface area contributed by atoms with Gasteiger partial charge in [-0.2, -0.15) is 0 Å². The van der Waals surface area contributed by atoms with Gasteiger partial charge < -0.3 is 19.9 Å². The van der Waals surface area contributed by atoms with Crippen LogP contribution in [-0.2, 0) is 14.3 Å². The van der Waals surface area contributed by atoms with Crippen molar-refractivity contribution < 1.29 is 14.3 Å². The molecule has 0 radical (unpaired) electrons. The number of rotatable bonds is 9. The third-order valence-electron chi connectivity index (χ3n) is 2.82. The van der Waals surface area contributed by atoms with Gasteiger partial charge in [0, 0.05) is 40.2 Å². The average Bonchev–Trinajstić information content (AvgIpc) is 2.39. The summed E-state index contributed by atoms with van der Waals surface area (Å²) in [7, 11) is 4.95. The van der Waals surface area contributed by atoms with Crippen LogP contribution in [0.15, 0.2) is 0 Å². The van der Waals surface area contributed by atoms with E-state index in [1.165, 1.54) is 4.90 Å². The second-order valence-corrected chi connectivity index (χ2v) is 4.75. The minimum absolute atomic E-state index is 0.0202. The van der Waals surface area contributed by atoms with Crippen molar-refractivity contribution in [3.05, 3.63) is 0 Å². The Morgan fingerprint density at radius 3 is 2.42 bits per heavy atom. The van der Waals surface area contributed by atoms with Crippen LogP contribution < -0.4 is 5.32 Å². The Morgan fingerprint density at radius 1 is 1.32 bits per heavy atom. The Hall–Kier alpha value is -1.14. The van der Waals surface area contributed by atoms with Gasteiger partial charge in [-0.15, -0.1) is 0 Å². The van der Waals surface area contributed by atoms with Crippen molar-refractivity contribution in [2.75, 3.05) is 54.0 Å². The van der Waals surface area contributed by atoms with Crippen molar-refractivity contribution in [3.63, 3.8) is 0 Å². The van der Waals surface area contributed by atoms with Crippen LogP contribution in [0.5, 0.6) is 0 Å². The molecule has 0 saturated carbocycles. The number of carbonyl (C=O) groups excluding carboxylic acids is 2. The zero-order chi connectivity index (χ0) is 14.8. The predicted octanol–water partition coefficient (Wildman–Crippen LogP) is -0.205. The van der Waals surface area contributed by atoms with Crippen LogP contribution in [0.4, 0.5) is 0 Å². The molecule has 0 aliphatic heterocycles. The summed E-state index contributed by atoms with van der Waals surface area (Å²) in [5.74, 6) is -0.250. The average molecular weight is 273 g/mol. The second kappa shape index (κ2) is 9.75. The zero-order valence-electron chi connectivity index (χ0n) is 12.7. The molecule has 112 valence electrons. The fourth-order valence-corrected chi connectivity index (χ4v) is 1.53. The Bertz CT molecular complexity index is 282. The van der Waals surface area contributed by atoms with Crippen molar-refractivity contribution in [2.45, 2.75) is 13.8 Å². The van der Waals surface area contributed by atoms with Gasteiger partial charge in [-0.25, -0.2) is 0 Å². The monoisotopic (exact) mass is 273 g/mol. The molecule has 1 atom stereocenters. The number of hydrogen-bond acceptors (Lipinski definition) is 4. The molecular formula is C13H27N3O3. The standard InChI is InChI=1S/C13H27N3O3/c1-6-14-9-11(2)13(18)16(7-8-19-5)10-12(17)15(3)4/h11,14H,6-10H2,1-5H3. The molecule has 0 aromatic heterocycles. The first-order valence-corrected chi connectivity index (χ1v) is 6.62. The van der Waals surface area contributed by atoms with Crippen LogP contribution in [-0.4, -0.2) is 75.6 Å². The number of nitrogens with one attached hydrogen (secondary N) is 1. The number of likely N-dealkylation sites (N-methyl/N-ethyl adjacent to an activating group) is 1. The van der Waals surface area contributed by atoms with E-state index in [2.05, 4.69) is 5.32 Å². The Morgan fingerprint density at radius 2 is 1.95 bits per heavy atom. The lowest BCUT2D eigenvalue weighted by atomic mass is 10.1. The van der Waals surface area contributed by atoms with Gasteiger partial charge in [-0.1, -0.05) is 13.8 Å². The van der Waals surface area contributed by atoms with Crippen LogP contribution in [0.25, 0.3) is 0 Å². The van der Waals surface area contributed by atoms with Crippen molar-refractivity contribution in [2.24, 2.45) is 5.92 Å². The molecule has 0 rings (SSSR count). The molecular weight excluding hydrogens is 246 g/mol. The molecule has 0 heterocycles. The van der Waals surface area contributed by atoms with Crippen molar-refractivity contribution in [1.82, 2.24) is 15.1 Å². The van der Waals surface area contributed by atoms with Gasteiger partial charge in [0.25, 0.3) is 0 Å². The molecule has 0 aromatic rings. The quantitative estimate of drug-likeness (QED) is 0.632. The summed E-state index contributed by atoms with van der Waals surface area (Å²) in [4.78, 5) is 27.1. The first-order valence-electron chi connectivity index (χ1n) is 6.62. The molecule has 0 spiro atoms. The minimum Gasteiger partial charge on any atom is -0.383 e. The van der Waals surface area contributed by atoms with Crippen molar-refractivity contribution in [3.8, 4) is 0 Å². The van der Waals surface area contributed by atoms with Crippen LogP contribution in [0.1, 0.15) is 13.8 Å². The summed E-state index contributed by atoms with van der Waals surface area (Å²) in [5.41, 5.74) is 0. The number of nitrogens with zero attached hydrogens (tertiary/aromatic N) is 2. The molecule has 0 aromatic carbocycles. The van der Waals surface area contributed by atoms with E-state index in [1.807, 2.05) is 13.8 Å². The Balaban J connectivity index is 4.54. The van der Waals surface area contributed by atoms with E-state index in [9.17, 15) is 9.59 Å². The Kier molecular flexibility index (Phi) is 9.16. The summed E-state index contributed by atoms with van der Waals surface area (Å²) in [6.07, 6.45) is 0. The van der Waals surface area contributed by atoms with Crippen molar-refractivity contribution >= 4 is 11.8 Å². The number of ether oxygens (including phenoxy) is 1. The third kappa shape index (κ3) is 7.12. The molecule has 6 nitrogen and oxygen atoms in total. The molecule has 1 N–H and O–H groups in total. The lowest BCUT2D eigenvalue weighted by Crippen LogP contribution is -2.45. The van der Waals surface area contributed by atoms with E-state index in [1.54, 1.807) is 26.1 Å². The van der Waals surface area contributed by atoms with Gasteiger partial charge in [0.2, 0.25) is 11.8 Å². The summed E-state index contributed by atoms with van der Waals surface area (Å²) < 4.78 is 4.99. The highest BCUT2D eigenvalue weighted by molar-refractivity contribution is 5.85. The van der Waals surface area contributed by atoms with Gasteiger partial charge in [0.1, 0.15) is 0 Å². The fourth-order valence-electron chi connectivity index (χ4n) is 1.53. The van der Waals surface area contributed by atoms with Gasteiger partial charge in [-0.05, 0) is 6.54 Å². The second-order valence-electron chi connectivity index (χ2n) is 4.75. The largest absolute Gasteiger partial charge is 0.383 e. The van der Waals surface area contributed by atoms with Crippen LogP contribution in [0, 0.1) is 5.92 Å². The number of methoxy groups -OCH3 is 1. The highest BCUT2D eigenvalue weighted by Gasteiger charge is 2.22. The normalized spacial score (nSPS) is 12.1. The number of amides is 2. The van der Waals surface area contributed by atoms with Gasteiger partial charge in [0.05, 0.1) is 13.2 Å². The molecule has 0 bridgehead atoms. The SMILES string of the molecule is CCNCC(C)C(=O)N(CCOC)CC(=O)N(C)C. The first kappa shape index (κ1) is 17.9. The highest BCUT2D eigenvalue weighted by Crippen LogP contribution is 2.03. The lowest BCUT2D eigenvalue weighted by Gasteiger charge is -2.26. The summed E-state index contributed by atoms with van der Waals surface area (Å²) in [5, 5.41) is 3.14. The van der Waals surface area contributed by atoms with Gasteiger partial charge in [0.15, 0.2) is 0 Å². The summed E-state index contributed by atoms with van der Waals surface area (Å²) >= 11 is 0. The van der Waals surface area contributed by atoms with E-state index in [0.717, 1.165) is 6.54 Å². The minimum atomic E-state index is -0.147. The number of hydrogen-bond donors (Lipinski definition) is 1. The Labute approximate surface area is 116 Å². The smallest absolute Gasteiger partial charge is 0.241 e. The molecule has 2 amide bonds. The molecule has 1 unspecified atom stereocenters. The van der Waals surface area contributed by atoms with Gasteiger partial charge >= 0.3 is 0 Å². The van der Waals surface area contributed by atoms with Crippen molar-refractivity contribution in [1.29, 1.82) is 0 Å². The van der Waals surface area contributed by atoms with E-state index >= 15 is 0 Å². The molecule has 0 aliphatic carbocycles. The van der Waals surface area contributed by atoms with E-state index in [-0.39, 0.29) is 24.3 Å².